The first-order valence-electron chi connectivity index (χ1n) is 10.6. The van der Waals surface area contributed by atoms with Crippen LogP contribution in [-0.4, -0.2) is 44.4 Å². The number of hydrogen-bond acceptors (Lipinski definition) is 8. The lowest BCUT2D eigenvalue weighted by Crippen LogP contribution is -2.40. The van der Waals surface area contributed by atoms with E-state index >= 15 is 0 Å². The van der Waals surface area contributed by atoms with Gasteiger partial charge in [0.2, 0.25) is 17.9 Å². The Labute approximate surface area is 191 Å². The second kappa shape index (κ2) is 9.47. The van der Waals surface area contributed by atoms with Crippen LogP contribution in [0, 0.1) is 12.1 Å². The molecular weight excluding hydrogens is 425 g/mol. The lowest BCUT2D eigenvalue weighted by Gasteiger charge is -2.18. The molecule has 10 heteroatoms. The summed E-state index contributed by atoms with van der Waals surface area (Å²) >= 11 is 0. The Bertz CT molecular complexity index is 1190. The molecule has 0 saturated heterocycles. The first-order valence-corrected chi connectivity index (χ1v) is 10.6. The number of aromatic nitrogens is 3. The number of nitrogens with zero attached hydrogens (tertiary/aromatic N) is 5. The third-order valence-electron chi connectivity index (χ3n) is 5.40. The van der Waals surface area contributed by atoms with Crippen LogP contribution < -0.4 is 11.2 Å². The van der Waals surface area contributed by atoms with E-state index in [9.17, 15) is 9.60 Å². The predicted octanol–water partition coefficient (Wildman–Crippen LogP) is 3.40. The number of aryl methyl sites for hydroxylation is 1. The standard InChI is InChI=1S/C23H26FN7O2/c1-14(2)23-27-22(29-33-23)18-6-4-17(5-7-18)19-8-15(3)21(26-11-19)20-13-31(32)30(28-20)12-16(9-24)10-25/h4-9,11,13-14,20,28H,10,12,25H2,1-3H3/b16-9+. The fourth-order valence-electron chi connectivity index (χ4n) is 3.51. The van der Waals surface area contributed by atoms with Gasteiger partial charge in [-0.1, -0.05) is 53.2 Å². The molecule has 172 valence electrons. The normalized spacial score (nSPS) is 16.5. The number of hydrogen-bond donors (Lipinski definition) is 2. The van der Waals surface area contributed by atoms with Gasteiger partial charge in [-0.05, 0) is 29.7 Å². The molecule has 1 atom stereocenters. The van der Waals surface area contributed by atoms with Gasteiger partial charge >= 0.3 is 0 Å². The van der Waals surface area contributed by atoms with Crippen molar-refractivity contribution in [2.24, 2.45) is 5.73 Å². The van der Waals surface area contributed by atoms with Gasteiger partial charge in [-0.25, -0.2) is 4.39 Å². The van der Waals surface area contributed by atoms with Crippen LogP contribution >= 0.6 is 0 Å². The van der Waals surface area contributed by atoms with Crippen LogP contribution in [-0.2, 0) is 0 Å². The fraction of sp³-hybridized carbons (Fsp3) is 0.304. The summed E-state index contributed by atoms with van der Waals surface area (Å²) in [6.45, 7) is 6.02. The largest absolute Gasteiger partial charge is 0.595 e. The highest BCUT2D eigenvalue weighted by molar-refractivity contribution is 5.69. The van der Waals surface area contributed by atoms with E-state index < -0.39 is 6.04 Å². The lowest BCUT2D eigenvalue weighted by molar-refractivity contribution is -0.636. The Morgan fingerprint density at radius 3 is 2.64 bits per heavy atom. The molecule has 0 saturated carbocycles. The fourth-order valence-corrected chi connectivity index (χ4v) is 3.51. The van der Waals surface area contributed by atoms with E-state index in [4.69, 9.17) is 10.3 Å². The minimum Gasteiger partial charge on any atom is -0.595 e. The number of benzene rings is 1. The molecule has 1 aliphatic rings. The second-order valence-electron chi connectivity index (χ2n) is 8.20. The summed E-state index contributed by atoms with van der Waals surface area (Å²) in [4.78, 5) is 9.66. The van der Waals surface area contributed by atoms with E-state index in [1.807, 2.05) is 51.1 Å². The minimum atomic E-state index is -0.425. The van der Waals surface area contributed by atoms with Gasteiger partial charge in [-0.15, -0.1) is 0 Å². The summed E-state index contributed by atoms with van der Waals surface area (Å²) in [5.74, 6) is 1.34. The van der Waals surface area contributed by atoms with Gasteiger partial charge < -0.3 is 15.5 Å². The molecule has 0 radical (unpaired) electrons. The molecule has 0 spiro atoms. The van der Waals surface area contributed by atoms with Crippen molar-refractivity contribution < 1.29 is 13.8 Å². The summed E-state index contributed by atoms with van der Waals surface area (Å²) in [7, 11) is 0. The third-order valence-corrected chi connectivity index (χ3v) is 5.40. The van der Waals surface area contributed by atoms with Gasteiger partial charge in [0.25, 0.3) is 0 Å². The zero-order chi connectivity index (χ0) is 23.5. The Morgan fingerprint density at radius 2 is 2.03 bits per heavy atom. The maximum Gasteiger partial charge on any atom is 0.229 e. The van der Waals surface area contributed by atoms with Crippen molar-refractivity contribution in [1.82, 2.24) is 25.7 Å². The van der Waals surface area contributed by atoms with Crippen molar-refractivity contribution in [2.75, 3.05) is 13.1 Å². The van der Waals surface area contributed by atoms with Gasteiger partial charge in [-0.2, -0.15) is 10.4 Å². The summed E-state index contributed by atoms with van der Waals surface area (Å²) < 4.78 is 18.1. The van der Waals surface area contributed by atoms with Crippen molar-refractivity contribution in [1.29, 1.82) is 0 Å². The number of rotatable bonds is 7. The van der Waals surface area contributed by atoms with Crippen molar-refractivity contribution in [2.45, 2.75) is 32.7 Å². The Morgan fingerprint density at radius 1 is 1.30 bits per heavy atom. The summed E-state index contributed by atoms with van der Waals surface area (Å²) in [6, 6.07) is 9.44. The van der Waals surface area contributed by atoms with Gasteiger partial charge in [0, 0.05) is 29.8 Å². The van der Waals surface area contributed by atoms with Crippen molar-refractivity contribution in [3.63, 3.8) is 0 Å². The monoisotopic (exact) mass is 451 g/mol. The van der Waals surface area contributed by atoms with E-state index in [-0.39, 0.29) is 19.0 Å². The Kier molecular flexibility index (Phi) is 6.47. The molecule has 0 amide bonds. The molecule has 9 nitrogen and oxygen atoms in total. The number of pyridine rings is 1. The molecule has 3 heterocycles. The molecule has 1 aromatic carbocycles. The van der Waals surface area contributed by atoms with Gasteiger partial charge in [0.05, 0.1) is 12.0 Å². The smallest absolute Gasteiger partial charge is 0.229 e. The van der Waals surface area contributed by atoms with E-state index in [2.05, 4.69) is 20.6 Å². The topological polar surface area (TPSA) is 119 Å². The van der Waals surface area contributed by atoms with Crippen LogP contribution in [0.5, 0.6) is 0 Å². The first kappa shape index (κ1) is 22.6. The van der Waals surface area contributed by atoms with Crippen LogP contribution in [0.3, 0.4) is 0 Å². The predicted molar refractivity (Wildman–Crippen MR) is 122 cm³/mol. The van der Waals surface area contributed by atoms with Gasteiger partial charge in [0.1, 0.15) is 6.54 Å². The molecule has 0 fully saturated rings. The molecular formula is C23H26FN7O2. The molecule has 3 aromatic rings. The molecule has 1 aliphatic heterocycles. The zero-order valence-corrected chi connectivity index (χ0v) is 18.7. The van der Waals surface area contributed by atoms with Crippen LogP contribution in [0.4, 0.5) is 4.39 Å². The highest BCUT2D eigenvalue weighted by atomic mass is 19.1. The number of hydrazine groups is 2. The van der Waals surface area contributed by atoms with Crippen molar-refractivity contribution in [3.8, 4) is 22.5 Å². The average Bonchev–Trinajstić information content (AvgIpc) is 3.45. The quantitative estimate of drug-likeness (QED) is 0.414. The molecule has 1 unspecified atom stereocenters. The zero-order valence-electron chi connectivity index (χ0n) is 18.7. The number of halogens is 1. The van der Waals surface area contributed by atoms with Crippen LogP contribution in [0.1, 0.15) is 43.0 Å². The third kappa shape index (κ3) is 4.76. The summed E-state index contributed by atoms with van der Waals surface area (Å²) in [5.41, 5.74) is 13.3. The highest BCUT2D eigenvalue weighted by Crippen LogP contribution is 2.27. The molecule has 0 bridgehead atoms. The highest BCUT2D eigenvalue weighted by Gasteiger charge is 2.30. The SMILES string of the molecule is Cc1cc(-c2ccc(-c3noc(C(C)C)n3)cc2)cnc1C1C=[N+]([O-])N(C/C(=C/F)CN)N1. The Hall–Kier alpha value is -3.63. The van der Waals surface area contributed by atoms with E-state index in [0.29, 0.717) is 34.2 Å². The van der Waals surface area contributed by atoms with Crippen LogP contribution in [0.2, 0.25) is 0 Å². The maximum absolute atomic E-state index is 12.8. The Balaban J connectivity index is 1.50. The van der Waals surface area contributed by atoms with Crippen LogP contribution in [0.15, 0.2) is 53.0 Å². The first-order chi connectivity index (χ1) is 15.9. The molecule has 33 heavy (non-hydrogen) atoms. The van der Waals surface area contributed by atoms with Gasteiger partial charge in [-0.3, -0.25) is 4.98 Å². The number of hydrazone groups is 1. The molecule has 3 N–H and O–H groups in total. The summed E-state index contributed by atoms with van der Waals surface area (Å²) in [5, 5.41) is 17.5. The maximum atomic E-state index is 12.8. The molecule has 0 aliphatic carbocycles. The van der Waals surface area contributed by atoms with Crippen LogP contribution in [0.25, 0.3) is 22.5 Å². The molecule has 2 aromatic heterocycles. The minimum absolute atomic E-state index is 0.0313. The van der Waals surface area contributed by atoms with Gasteiger partial charge in [0.15, 0.2) is 6.04 Å². The molecule has 4 rings (SSSR count). The number of nitrogens with two attached hydrogens (primary N) is 1. The van der Waals surface area contributed by atoms with E-state index in [0.717, 1.165) is 22.3 Å². The average molecular weight is 452 g/mol. The van der Waals surface area contributed by atoms with E-state index in [1.54, 1.807) is 6.20 Å². The summed E-state index contributed by atoms with van der Waals surface area (Å²) in [6.07, 6.45) is 3.64. The van der Waals surface area contributed by atoms with Crippen molar-refractivity contribution >= 4 is 6.21 Å². The second-order valence-corrected chi connectivity index (χ2v) is 8.20. The van der Waals surface area contributed by atoms with Crippen molar-refractivity contribution in [3.05, 3.63) is 70.8 Å². The van der Waals surface area contributed by atoms with E-state index in [1.165, 1.54) is 11.3 Å². The number of nitrogens with one attached hydrogen (secondary N) is 1. The lowest BCUT2D eigenvalue weighted by atomic mass is 10.0.